The molecular weight excluding hydrogens is 208 g/mol. The maximum Gasteiger partial charge on any atom is 0.146 e. The molecule has 1 aromatic rings. The van der Waals surface area contributed by atoms with Crippen molar-refractivity contribution in [3.05, 3.63) is 34.4 Å². The molecule has 1 rings (SSSR count). The summed E-state index contributed by atoms with van der Waals surface area (Å²) in [5.41, 5.74) is 0.277. The summed E-state index contributed by atoms with van der Waals surface area (Å²) in [5.74, 6) is 3.71. The zero-order valence-electron chi connectivity index (χ0n) is 7.50. The summed E-state index contributed by atoms with van der Waals surface area (Å²) in [6, 6.07) is 2.21. The molecule has 14 heavy (non-hydrogen) atoms. The molecule has 0 radical (unpaired) electrons. The maximum atomic E-state index is 12.9. The van der Waals surface area contributed by atoms with Crippen molar-refractivity contribution in [1.29, 1.82) is 0 Å². The van der Waals surface area contributed by atoms with E-state index in [9.17, 15) is 8.78 Å². The SMILES string of the molecule is CNCC#Cc1cc(F)c(Cl)c(F)c1. The average molecular weight is 216 g/mol. The van der Waals surface area contributed by atoms with E-state index in [0.717, 1.165) is 12.1 Å². The number of hydrogen-bond acceptors (Lipinski definition) is 1. The van der Waals surface area contributed by atoms with Crippen LogP contribution in [0.25, 0.3) is 0 Å². The Morgan fingerprint density at radius 2 is 1.93 bits per heavy atom. The van der Waals surface area contributed by atoms with E-state index in [0.29, 0.717) is 6.54 Å². The van der Waals surface area contributed by atoms with Gasteiger partial charge in [-0.3, -0.25) is 0 Å². The molecule has 0 atom stereocenters. The van der Waals surface area contributed by atoms with Crippen molar-refractivity contribution in [3.63, 3.8) is 0 Å². The van der Waals surface area contributed by atoms with Gasteiger partial charge in [-0.25, -0.2) is 8.78 Å². The molecule has 1 aromatic carbocycles. The summed E-state index contributed by atoms with van der Waals surface area (Å²) in [5, 5.41) is 2.30. The van der Waals surface area contributed by atoms with E-state index in [-0.39, 0.29) is 5.56 Å². The highest BCUT2D eigenvalue weighted by molar-refractivity contribution is 6.30. The van der Waals surface area contributed by atoms with Gasteiger partial charge in [-0.15, -0.1) is 0 Å². The number of halogens is 3. The Hall–Kier alpha value is -1.11. The van der Waals surface area contributed by atoms with Crippen LogP contribution in [0.5, 0.6) is 0 Å². The van der Waals surface area contributed by atoms with Crippen LogP contribution in [-0.4, -0.2) is 13.6 Å². The Morgan fingerprint density at radius 3 is 2.43 bits per heavy atom. The second-order valence-electron chi connectivity index (χ2n) is 2.59. The molecular formula is C10H8ClF2N. The van der Waals surface area contributed by atoms with E-state index in [2.05, 4.69) is 17.2 Å². The van der Waals surface area contributed by atoms with Crippen molar-refractivity contribution in [1.82, 2.24) is 5.32 Å². The minimum absolute atomic E-state index is 0.277. The van der Waals surface area contributed by atoms with Crippen LogP contribution >= 0.6 is 11.6 Å². The highest BCUT2D eigenvalue weighted by atomic mass is 35.5. The quantitative estimate of drug-likeness (QED) is 0.559. The van der Waals surface area contributed by atoms with E-state index < -0.39 is 16.7 Å². The van der Waals surface area contributed by atoms with Crippen molar-refractivity contribution in [2.75, 3.05) is 13.6 Å². The third-order valence-electron chi connectivity index (χ3n) is 1.48. The van der Waals surface area contributed by atoms with E-state index in [1.807, 2.05) is 0 Å². The fraction of sp³-hybridized carbons (Fsp3) is 0.200. The number of rotatable bonds is 1. The molecule has 0 aliphatic rings. The Morgan fingerprint density at radius 1 is 1.36 bits per heavy atom. The van der Waals surface area contributed by atoms with E-state index in [1.54, 1.807) is 7.05 Å². The Labute approximate surface area is 86.1 Å². The third-order valence-corrected chi connectivity index (χ3v) is 1.84. The summed E-state index contributed by atoms with van der Waals surface area (Å²) in [6.45, 7) is 0.464. The molecule has 0 aromatic heterocycles. The van der Waals surface area contributed by atoms with Crippen molar-refractivity contribution in [2.24, 2.45) is 0 Å². The highest BCUT2D eigenvalue weighted by Gasteiger charge is 2.06. The molecule has 74 valence electrons. The predicted octanol–water partition coefficient (Wildman–Crippen LogP) is 2.19. The van der Waals surface area contributed by atoms with Crippen LogP contribution in [0.2, 0.25) is 5.02 Å². The van der Waals surface area contributed by atoms with Crippen LogP contribution in [0.3, 0.4) is 0 Å². The second kappa shape index (κ2) is 4.94. The van der Waals surface area contributed by atoms with Gasteiger partial charge in [0, 0.05) is 5.56 Å². The van der Waals surface area contributed by atoms with Crippen molar-refractivity contribution in [2.45, 2.75) is 0 Å². The fourth-order valence-electron chi connectivity index (χ4n) is 0.862. The molecule has 0 fully saturated rings. The highest BCUT2D eigenvalue weighted by Crippen LogP contribution is 2.19. The Kier molecular flexibility index (Phi) is 3.87. The first kappa shape index (κ1) is 11.0. The maximum absolute atomic E-state index is 12.9. The van der Waals surface area contributed by atoms with Gasteiger partial charge in [0.1, 0.15) is 16.7 Å². The molecule has 0 aliphatic heterocycles. The second-order valence-corrected chi connectivity index (χ2v) is 2.96. The molecule has 4 heteroatoms. The average Bonchev–Trinajstić information content (AvgIpc) is 2.14. The molecule has 0 unspecified atom stereocenters. The number of hydrogen-bond donors (Lipinski definition) is 1. The minimum Gasteiger partial charge on any atom is -0.309 e. The Bertz CT molecular complexity index is 370. The van der Waals surface area contributed by atoms with Gasteiger partial charge in [-0.1, -0.05) is 23.4 Å². The topological polar surface area (TPSA) is 12.0 Å². The van der Waals surface area contributed by atoms with E-state index in [4.69, 9.17) is 11.6 Å². The van der Waals surface area contributed by atoms with E-state index in [1.165, 1.54) is 0 Å². The van der Waals surface area contributed by atoms with Crippen molar-refractivity contribution >= 4 is 11.6 Å². The molecule has 0 saturated heterocycles. The lowest BCUT2D eigenvalue weighted by Crippen LogP contribution is -2.04. The number of nitrogens with one attached hydrogen (secondary N) is 1. The summed E-state index contributed by atoms with van der Waals surface area (Å²) in [6.07, 6.45) is 0. The predicted molar refractivity (Wildman–Crippen MR) is 52.2 cm³/mol. The zero-order chi connectivity index (χ0) is 10.6. The molecule has 1 nitrogen and oxygen atoms in total. The van der Waals surface area contributed by atoms with Crippen molar-refractivity contribution in [3.8, 4) is 11.8 Å². The summed E-state index contributed by atoms with van der Waals surface area (Å²) < 4.78 is 25.8. The first-order chi connectivity index (χ1) is 6.65. The van der Waals surface area contributed by atoms with Gasteiger partial charge < -0.3 is 5.32 Å². The fourth-order valence-corrected chi connectivity index (χ4v) is 0.971. The molecule has 1 N–H and O–H groups in total. The molecule has 0 saturated carbocycles. The monoisotopic (exact) mass is 215 g/mol. The van der Waals surface area contributed by atoms with Crippen LogP contribution in [-0.2, 0) is 0 Å². The van der Waals surface area contributed by atoms with Crippen molar-refractivity contribution < 1.29 is 8.78 Å². The zero-order valence-corrected chi connectivity index (χ0v) is 8.25. The molecule has 0 bridgehead atoms. The molecule has 0 aliphatic carbocycles. The molecule has 0 amide bonds. The third kappa shape index (κ3) is 2.69. The lowest BCUT2D eigenvalue weighted by Gasteiger charge is -1.96. The first-order valence-corrected chi connectivity index (χ1v) is 4.31. The largest absolute Gasteiger partial charge is 0.309 e. The van der Waals surface area contributed by atoms with Gasteiger partial charge in [-0.2, -0.15) is 0 Å². The van der Waals surface area contributed by atoms with Crippen LogP contribution in [0, 0.1) is 23.5 Å². The lowest BCUT2D eigenvalue weighted by molar-refractivity contribution is 0.583. The normalized spacial score (nSPS) is 9.43. The Balaban J connectivity index is 2.97. The summed E-state index contributed by atoms with van der Waals surface area (Å²) >= 11 is 5.30. The van der Waals surface area contributed by atoms with Gasteiger partial charge in [0.2, 0.25) is 0 Å². The van der Waals surface area contributed by atoms with E-state index >= 15 is 0 Å². The van der Waals surface area contributed by atoms with Crippen LogP contribution in [0.15, 0.2) is 12.1 Å². The smallest absolute Gasteiger partial charge is 0.146 e. The van der Waals surface area contributed by atoms with Crippen LogP contribution in [0.4, 0.5) is 8.78 Å². The van der Waals surface area contributed by atoms with Crippen LogP contribution in [0.1, 0.15) is 5.56 Å². The molecule has 0 heterocycles. The summed E-state index contributed by atoms with van der Waals surface area (Å²) in [4.78, 5) is 0. The standard InChI is InChI=1S/C10H8ClF2N/c1-14-4-2-3-7-5-8(12)10(11)9(13)6-7/h5-6,14H,4H2,1H3. The summed E-state index contributed by atoms with van der Waals surface area (Å²) in [7, 11) is 1.73. The van der Waals surface area contributed by atoms with Gasteiger partial charge in [0.15, 0.2) is 0 Å². The van der Waals surface area contributed by atoms with Gasteiger partial charge in [0.25, 0.3) is 0 Å². The minimum atomic E-state index is -0.791. The lowest BCUT2D eigenvalue weighted by atomic mass is 10.2. The van der Waals surface area contributed by atoms with Gasteiger partial charge >= 0.3 is 0 Å². The van der Waals surface area contributed by atoms with Gasteiger partial charge in [0.05, 0.1) is 6.54 Å². The first-order valence-electron chi connectivity index (χ1n) is 3.93. The molecule has 0 spiro atoms. The van der Waals surface area contributed by atoms with Crippen LogP contribution < -0.4 is 5.32 Å². The number of benzene rings is 1. The van der Waals surface area contributed by atoms with Gasteiger partial charge in [-0.05, 0) is 19.2 Å².